The summed E-state index contributed by atoms with van der Waals surface area (Å²) in [6.45, 7) is 4.72. The van der Waals surface area contributed by atoms with Crippen molar-refractivity contribution in [3.05, 3.63) is 11.8 Å². The minimum atomic E-state index is 0.618. The summed E-state index contributed by atoms with van der Waals surface area (Å²) in [4.78, 5) is 0. The van der Waals surface area contributed by atoms with Gasteiger partial charge in [0.1, 0.15) is 0 Å². The standard InChI is InChI=1S/C13H22N2/c1-10(2)11-4-3-5-12-8-14-15-9-13(12)7-6-11/h8-11,13-14H,3-7H2,1-2H3/t11?,13-/m0/s1. The Balaban J connectivity index is 1.98. The van der Waals surface area contributed by atoms with Crippen LogP contribution >= 0.6 is 0 Å². The smallest absolute Gasteiger partial charge is 0.0318 e. The molecule has 0 saturated heterocycles. The van der Waals surface area contributed by atoms with Gasteiger partial charge in [0, 0.05) is 18.3 Å². The lowest BCUT2D eigenvalue weighted by Crippen LogP contribution is -2.21. The van der Waals surface area contributed by atoms with E-state index in [1.807, 2.05) is 0 Å². The summed E-state index contributed by atoms with van der Waals surface area (Å²) in [5, 5.41) is 4.15. The van der Waals surface area contributed by atoms with Crippen molar-refractivity contribution in [2.75, 3.05) is 0 Å². The summed E-state index contributed by atoms with van der Waals surface area (Å²) in [5.41, 5.74) is 4.54. The lowest BCUT2D eigenvalue weighted by Gasteiger charge is -2.28. The maximum absolute atomic E-state index is 4.15. The van der Waals surface area contributed by atoms with Crippen LogP contribution in [0.15, 0.2) is 16.9 Å². The van der Waals surface area contributed by atoms with Crippen LogP contribution < -0.4 is 5.43 Å². The van der Waals surface area contributed by atoms with E-state index in [2.05, 4.69) is 36.8 Å². The Labute approximate surface area is 92.8 Å². The molecular formula is C13H22N2. The number of hydrazone groups is 1. The van der Waals surface area contributed by atoms with Gasteiger partial charge in [-0.05, 0) is 49.5 Å². The highest BCUT2D eigenvalue weighted by atomic mass is 15.3. The molecule has 15 heavy (non-hydrogen) atoms. The van der Waals surface area contributed by atoms with Crippen molar-refractivity contribution < 1.29 is 0 Å². The van der Waals surface area contributed by atoms with E-state index in [1.54, 1.807) is 5.57 Å². The Hall–Kier alpha value is -0.790. The van der Waals surface area contributed by atoms with E-state index < -0.39 is 0 Å². The summed E-state index contributed by atoms with van der Waals surface area (Å²) < 4.78 is 0. The van der Waals surface area contributed by atoms with Gasteiger partial charge < -0.3 is 0 Å². The summed E-state index contributed by atoms with van der Waals surface area (Å²) >= 11 is 0. The number of hydrogen-bond donors (Lipinski definition) is 1. The lowest BCUT2D eigenvalue weighted by atomic mass is 9.79. The SMILES string of the molecule is CC(C)C1CCCC2=CNN=C[C@@H]2CC1. The van der Waals surface area contributed by atoms with Gasteiger partial charge in [-0.1, -0.05) is 13.8 Å². The van der Waals surface area contributed by atoms with Gasteiger partial charge in [-0.15, -0.1) is 0 Å². The molecule has 0 aromatic rings. The van der Waals surface area contributed by atoms with Crippen LogP contribution in [0.2, 0.25) is 0 Å². The Bertz CT molecular complexity index is 266. The molecule has 2 atom stereocenters. The Morgan fingerprint density at radius 2 is 2.20 bits per heavy atom. The van der Waals surface area contributed by atoms with Crippen molar-refractivity contribution >= 4 is 6.21 Å². The van der Waals surface area contributed by atoms with E-state index in [9.17, 15) is 0 Å². The highest BCUT2D eigenvalue weighted by Crippen LogP contribution is 2.33. The van der Waals surface area contributed by atoms with Crippen molar-refractivity contribution in [2.45, 2.75) is 46.0 Å². The van der Waals surface area contributed by atoms with Crippen LogP contribution in [0.5, 0.6) is 0 Å². The molecule has 1 N–H and O–H groups in total. The predicted molar refractivity (Wildman–Crippen MR) is 64.6 cm³/mol. The van der Waals surface area contributed by atoms with Crippen LogP contribution in [0.3, 0.4) is 0 Å². The molecule has 1 aliphatic heterocycles. The second-order valence-corrected chi connectivity index (χ2v) is 5.21. The van der Waals surface area contributed by atoms with E-state index >= 15 is 0 Å². The average molecular weight is 206 g/mol. The molecule has 1 fully saturated rings. The van der Waals surface area contributed by atoms with E-state index in [0.29, 0.717) is 5.92 Å². The van der Waals surface area contributed by atoms with Gasteiger partial charge in [0.05, 0.1) is 0 Å². The number of fused-ring (bicyclic) bond motifs is 1. The van der Waals surface area contributed by atoms with Gasteiger partial charge in [-0.3, -0.25) is 5.43 Å². The molecule has 1 unspecified atom stereocenters. The zero-order valence-electron chi connectivity index (χ0n) is 9.87. The van der Waals surface area contributed by atoms with E-state index in [0.717, 1.165) is 11.8 Å². The fourth-order valence-electron chi connectivity index (χ4n) is 2.75. The maximum Gasteiger partial charge on any atom is 0.0318 e. The first-order valence-corrected chi connectivity index (χ1v) is 6.25. The average Bonchev–Trinajstić information content (AvgIpc) is 2.18. The van der Waals surface area contributed by atoms with Crippen LogP contribution in [0.25, 0.3) is 0 Å². The molecule has 0 aromatic heterocycles. The fraction of sp³-hybridized carbons (Fsp3) is 0.769. The van der Waals surface area contributed by atoms with Crippen molar-refractivity contribution in [3.8, 4) is 0 Å². The first kappa shape index (κ1) is 10.7. The maximum atomic E-state index is 4.15. The highest BCUT2D eigenvalue weighted by molar-refractivity contribution is 5.66. The monoisotopic (exact) mass is 206 g/mol. The quantitative estimate of drug-likeness (QED) is 0.699. The molecule has 1 heterocycles. The molecule has 0 spiro atoms. The molecular weight excluding hydrogens is 184 g/mol. The van der Waals surface area contributed by atoms with Crippen LogP contribution in [-0.4, -0.2) is 6.21 Å². The third-order valence-corrected chi connectivity index (χ3v) is 3.89. The number of nitrogens with zero attached hydrogens (tertiary/aromatic N) is 1. The number of allylic oxidation sites excluding steroid dienone is 1. The van der Waals surface area contributed by atoms with Gasteiger partial charge >= 0.3 is 0 Å². The molecule has 0 amide bonds. The molecule has 84 valence electrons. The van der Waals surface area contributed by atoms with Gasteiger partial charge in [0.25, 0.3) is 0 Å². The summed E-state index contributed by atoms with van der Waals surface area (Å²) in [6, 6.07) is 0. The molecule has 2 nitrogen and oxygen atoms in total. The number of rotatable bonds is 1. The second-order valence-electron chi connectivity index (χ2n) is 5.21. The Morgan fingerprint density at radius 3 is 3.00 bits per heavy atom. The predicted octanol–water partition coefficient (Wildman–Crippen LogP) is 3.31. The third kappa shape index (κ3) is 2.61. The molecule has 1 aliphatic carbocycles. The van der Waals surface area contributed by atoms with Crippen molar-refractivity contribution in [3.63, 3.8) is 0 Å². The highest BCUT2D eigenvalue weighted by Gasteiger charge is 2.22. The topological polar surface area (TPSA) is 24.4 Å². The summed E-state index contributed by atoms with van der Waals surface area (Å²) in [6.07, 6.45) is 10.9. The van der Waals surface area contributed by atoms with Crippen molar-refractivity contribution in [1.29, 1.82) is 0 Å². The Kier molecular flexibility index (Phi) is 3.45. The number of nitrogens with one attached hydrogen (secondary N) is 1. The molecule has 2 aliphatic rings. The molecule has 0 bridgehead atoms. The fourth-order valence-corrected chi connectivity index (χ4v) is 2.75. The van der Waals surface area contributed by atoms with Gasteiger partial charge in [-0.2, -0.15) is 5.10 Å². The van der Waals surface area contributed by atoms with E-state index in [-0.39, 0.29) is 0 Å². The van der Waals surface area contributed by atoms with Crippen molar-refractivity contribution in [2.24, 2.45) is 22.9 Å². The Morgan fingerprint density at radius 1 is 1.33 bits per heavy atom. The van der Waals surface area contributed by atoms with Gasteiger partial charge in [0.15, 0.2) is 0 Å². The minimum absolute atomic E-state index is 0.618. The largest absolute Gasteiger partial charge is 0.286 e. The van der Waals surface area contributed by atoms with Crippen LogP contribution in [0.1, 0.15) is 46.0 Å². The van der Waals surface area contributed by atoms with E-state index in [1.165, 1.54) is 32.1 Å². The normalized spacial score (nSPS) is 31.3. The first-order chi connectivity index (χ1) is 7.27. The summed E-state index contributed by atoms with van der Waals surface area (Å²) in [7, 11) is 0. The molecule has 0 aromatic carbocycles. The second kappa shape index (κ2) is 4.82. The first-order valence-electron chi connectivity index (χ1n) is 6.25. The minimum Gasteiger partial charge on any atom is -0.286 e. The van der Waals surface area contributed by atoms with Crippen LogP contribution in [0, 0.1) is 17.8 Å². The molecule has 2 heteroatoms. The summed E-state index contributed by atoms with van der Waals surface area (Å²) in [5.74, 6) is 2.39. The van der Waals surface area contributed by atoms with Crippen LogP contribution in [-0.2, 0) is 0 Å². The third-order valence-electron chi connectivity index (χ3n) is 3.89. The van der Waals surface area contributed by atoms with Gasteiger partial charge in [-0.25, -0.2) is 0 Å². The zero-order valence-corrected chi connectivity index (χ0v) is 9.87. The van der Waals surface area contributed by atoms with Crippen LogP contribution in [0.4, 0.5) is 0 Å². The molecule has 1 saturated carbocycles. The van der Waals surface area contributed by atoms with E-state index in [4.69, 9.17) is 0 Å². The number of hydrogen-bond acceptors (Lipinski definition) is 2. The van der Waals surface area contributed by atoms with Gasteiger partial charge in [0.2, 0.25) is 0 Å². The molecule has 0 radical (unpaired) electrons. The molecule has 2 rings (SSSR count). The zero-order chi connectivity index (χ0) is 10.7. The lowest BCUT2D eigenvalue weighted by molar-refractivity contribution is 0.302. The van der Waals surface area contributed by atoms with Crippen molar-refractivity contribution in [1.82, 2.24) is 5.43 Å².